The van der Waals surface area contributed by atoms with Crippen molar-refractivity contribution in [3.05, 3.63) is 48.0 Å². The van der Waals surface area contributed by atoms with Crippen molar-refractivity contribution in [1.29, 1.82) is 5.26 Å². The van der Waals surface area contributed by atoms with Gasteiger partial charge in [0, 0.05) is 6.54 Å². The molecule has 2 amide bonds. The van der Waals surface area contributed by atoms with Crippen LogP contribution in [-0.4, -0.2) is 24.0 Å². The van der Waals surface area contributed by atoms with Gasteiger partial charge >= 0.3 is 6.03 Å². The predicted molar refractivity (Wildman–Crippen MR) is 72.4 cm³/mol. The van der Waals surface area contributed by atoms with Crippen LogP contribution in [0.4, 0.5) is 4.79 Å². The summed E-state index contributed by atoms with van der Waals surface area (Å²) in [6.45, 7) is 0.674. The number of rotatable bonds is 2. The maximum Gasteiger partial charge on any atom is 0.318 e. The number of carbonyl (C=O) groups is 1. The Kier molecular flexibility index (Phi) is 2.81. The summed E-state index contributed by atoms with van der Waals surface area (Å²) in [4.78, 5) is 13.3. The van der Waals surface area contributed by atoms with Crippen molar-refractivity contribution in [1.82, 2.24) is 10.2 Å². The summed E-state index contributed by atoms with van der Waals surface area (Å²) in [6, 6.07) is 16.0. The second-order valence-corrected chi connectivity index (χ2v) is 4.61. The van der Waals surface area contributed by atoms with Crippen LogP contribution in [0.25, 0.3) is 10.8 Å². The molecule has 2 aromatic rings. The van der Waals surface area contributed by atoms with Crippen LogP contribution >= 0.6 is 0 Å². The fourth-order valence-electron chi connectivity index (χ4n) is 2.54. The predicted octanol–water partition coefficient (Wildman–Crippen LogP) is 2.43. The topological polar surface area (TPSA) is 56.1 Å². The molecular weight excluding hydrogens is 238 g/mol. The fraction of sp³-hybridized carbons (Fsp3) is 0.200. The third-order valence-corrected chi connectivity index (χ3v) is 3.45. The summed E-state index contributed by atoms with van der Waals surface area (Å²) >= 11 is 0. The van der Waals surface area contributed by atoms with Crippen LogP contribution in [0, 0.1) is 11.3 Å². The average Bonchev–Trinajstić information content (AvgIpc) is 2.80. The molecule has 0 aromatic heterocycles. The second-order valence-electron chi connectivity index (χ2n) is 4.61. The number of amides is 2. The molecule has 3 rings (SSSR count). The van der Waals surface area contributed by atoms with Crippen LogP contribution in [0.3, 0.4) is 0 Å². The average molecular weight is 251 g/mol. The molecule has 1 N–H and O–H groups in total. The summed E-state index contributed by atoms with van der Waals surface area (Å²) in [5.41, 5.74) is 1.10. The number of urea groups is 1. The highest BCUT2D eigenvalue weighted by atomic mass is 16.2. The van der Waals surface area contributed by atoms with Gasteiger partial charge in [0.1, 0.15) is 6.54 Å². The third kappa shape index (κ3) is 2.00. The summed E-state index contributed by atoms with van der Waals surface area (Å²) in [7, 11) is 0. The van der Waals surface area contributed by atoms with E-state index in [1.807, 2.05) is 30.3 Å². The first-order valence-corrected chi connectivity index (χ1v) is 6.19. The fourth-order valence-corrected chi connectivity index (χ4v) is 2.54. The highest BCUT2D eigenvalue weighted by molar-refractivity contribution is 5.87. The van der Waals surface area contributed by atoms with Gasteiger partial charge in [-0.05, 0) is 16.3 Å². The monoisotopic (exact) mass is 251 g/mol. The number of nitrogens with one attached hydrogen (secondary N) is 1. The van der Waals surface area contributed by atoms with Gasteiger partial charge in [-0.25, -0.2) is 4.79 Å². The Morgan fingerprint density at radius 1 is 1.26 bits per heavy atom. The Morgan fingerprint density at radius 3 is 2.89 bits per heavy atom. The second kappa shape index (κ2) is 4.62. The van der Waals surface area contributed by atoms with Gasteiger partial charge in [0.05, 0.1) is 12.1 Å². The van der Waals surface area contributed by atoms with Crippen LogP contribution < -0.4 is 5.32 Å². The van der Waals surface area contributed by atoms with Gasteiger partial charge in [-0.2, -0.15) is 5.26 Å². The number of fused-ring (bicyclic) bond motifs is 1. The number of nitrogens with zero attached hydrogens (tertiary/aromatic N) is 2. The molecule has 4 heteroatoms. The molecule has 19 heavy (non-hydrogen) atoms. The molecule has 1 aliphatic heterocycles. The Labute approximate surface area is 111 Å². The standard InChI is InChI=1S/C15H13N3O/c16-8-9-18-10-14(17-15(18)19)13-7-3-5-11-4-1-2-6-12(11)13/h1-7,14H,9-10H2,(H,17,19). The van der Waals surface area contributed by atoms with Crippen LogP contribution in [-0.2, 0) is 0 Å². The van der Waals surface area contributed by atoms with Crippen molar-refractivity contribution in [2.75, 3.05) is 13.1 Å². The highest BCUT2D eigenvalue weighted by Crippen LogP contribution is 2.27. The molecule has 94 valence electrons. The van der Waals surface area contributed by atoms with E-state index < -0.39 is 0 Å². The molecule has 2 aromatic carbocycles. The van der Waals surface area contributed by atoms with Crippen molar-refractivity contribution in [3.8, 4) is 6.07 Å². The molecule has 0 saturated carbocycles. The van der Waals surface area contributed by atoms with Gasteiger partial charge in [-0.15, -0.1) is 0 Å². The summed E-state index contributed by atoms with van der Waals surface area (Å²) in [5.74, 6) is 0. The zero-order chi connectivity index (χ0) is 13.2. The van der Waals surface area contributed by atoms with Crippen molar-refractivity contribution in [3.63, 3.8) is 0 Å². The lowest BCUT2D eigenvalue weighted by molar-refractivity contribution is 0.222. The SMILES string of the molecule is N#CCN1CC(c2cccc3ccccc23)NC1=O. The van der Waals surface area contributed by atoms with E-state index in [2.05, 4.69) is 23.5 Å². The molecule has 0 aliphatic carbocycles. The van der Waals surface area contributed by atoms with Crippen LogP contribution in [0.15, 0.2) is 42.5 Å². The van der Waals surface area contributed by atoms with Gasteiger partial charge in [-0.1, -0.05) is 42.5 Å². The summed E-state index contributed by atoms with van der Waals surface area (Å²) in [5, 5.41) is 13.9. The van der Waals surface area contributed by atoms with E-state index >= 15 is 0 Å². The lowest BCUT2D eigenvalue weighted by Gasteiger charge is -2.13. The van der Waals surface area contributed by atoms with Gasteiger partial charge in [-0.3, -0.25) is 0 Å². The minimum atomic E-state index is -0.167. The van der Waals surface area contributed by atoms with E-state index in [1.165, 1.54) is 4.90 Å². The molecule has 0 radical (unpaired) electrons. The molecule has 0 bridgehead atoms. The minimum Gasteiger partial charge on any atom is -0.329 e. The molecule has 4 nitrogen and oxygen atoms in total. The first-order chi connectivity index (χ1) is 9.29. The van der Waals surface area contributed by atoms with E-state index in [-0.39, 0.29) is 18.6 Å². The Morgan fingerprint density at radius 2 is 2.05 bits per heavy atom. The van der Waals surface area contributed by atoms with Crippen molar-refractivity contribution >= 4 is 16.8 Å². The number of benzene rings is 2. The molecule has 0 spiro atoms. The number of hydrogen-bond acceptors (Lipinski definition) is 2. The zero-order valence-electron chi connectivity index (χ0n) is 10.3. The lowest BCUT2D eigenvalue weighted by Crippen LogP contribution is -2.28. The Bertz CT molecular complexity index is 669. The number of carbonyl (C=O) groups excluding carboxylic acids is 1. The largest absolute Gasteiger partial charge is 0.329 e. The lowest BCUT2D eigenvalue weighted by atomic mass is 9.99. The molecule has 1 aliphatic rings. The van der Waals surface area contributed by atoms with Crippen molar-refractivity contribution in [2.24, 2.45) is 0 Å². The zero-order valence-corrected chi connectivity index (χ0v) is 10.3. The van der Waals surface area contributed by atoms with E-state index in [0.29, 0.717) is 6.54 Å². The first kappa shape index (κ1) is 11.5. The van der Waals surface area contributed by atoms with Crippen LogP contribution in [0.5, 0.6) is 0 Å². The van der Waals surface area contributed by atoms with E-state index in [4.69, 9.17) is 5.26 Å². The summed E-state index contributed by atoms with van der Waals surface area (Å²) in [6.07, 6.45) is 0. The maximum absolute atomic E-state index is 11.7. The van der Waals surface area contributed by atoms with Crippen LogP contribution in [0.2, 0.25) is 0 Å². The molecule has 1 fully saturated rings. The molecular formula is C15H13N3O. The molecule has 1 saturated heterocycles. The van der Waals surface area contributed by atoms with Crippen molar-refractivity contribution < 1.29 is 4.79 Å². The number of nitriles is 1. The van der Waals surface area contributed by atoms with E-state index in [0.717, 1.165) is 16.3 Å². The summed E-state index contributed by atoms with van der Waals surface area (Å²) < 4.78 is 0. The van der Waals surface area contributed by atoms with Gasteiger partial charge in [0.15, 0.2) is 0 Å². The Balaban J connectivity index is 1.98. The van der Waals surface area contributed by atoms with E-state index in [1.54, 1.807) is 0 Å². The third-order valence-electron chi connectivity index (χ3n) is 3.45. The smallest absolute Gasteiger partial charge is 0.318 e. The van der Waals surface area contributed by atoms with Crippen LogP contribution in [0.1, 0.15) is 11.6 Å². The molecule has 1 unspecified atom stereocenters. The quantitative estimate of drug-likeness (QED) is 0.833. The van der Waals surface area contributed by atoms with Gasteiger partial charge in [0.25, 0.3) is 0 Å². The van der Waals surface area contributed by atoms with Gasteiger partial charge in [0.2, 0.25) is 0 Å². The normalized spacial score (nSPS) is 18.4. The maximum atomic E-state index is 11.7. The highest BCUT2D eigenvalue weighted by Gasteiger charge is 2.30. The first-order valence-electron chi connectivity index (χ1n) is 6.19. The minimum absolute atomic E-state index is 0.0491. The van der Waals surface area contributed by atoms with Crippen molar-refractivity contribution in [2.45, 2.75) is 6.04 Å². The number of hydrogen-bond donors (Lipinski definition) is 1. The molecule has 1 atom stereocenters. The Hall–Kier alpha value is -2.54. The molecule has 1 heterocycles. The van der Waals surface area contributed by atoms with Gasteiger partial charge < -0.3 is 10.2 Å². The van der Waals surface area contributed by atoms with E-state index in [9.17, 15) is 4.79 Å².